The number of amides is 1. The number of alkyl halides is 2. The fourth-order valence-electron chi connectivity index (χ4n) is 3.44. The van der Waals surface area contributed by atoms with Crippen LogP contribution >= 0.6 is 0 Å². The Hall–Kier alpha value is -2.72. The first-order valence-electron chi connectivity index (χ1n) is 10.1. The number of sulfone groups is 1. The van der Waals surface area contributed by atoms with Gasteiger partial charge in [0.1, 0.15) is 12.3 Å². The van der Waals surface area contributed by atoms with Gasteiger partial charge in [0.15, 0.2) is 15.7 Å². The van der Waals surface area contributed by atoms with Gasteiger partial charge in [-0.2, -0.15) is 0 Å². The molecular weight excluding hydrogens is 440 g/mol. The number of ether oxygens (including phenoxy) is 1. The lowest BCUT2D eigenvalue weighted by Crippen LogP contribution is -2.16. The van der Waals surface area contributed by atoms with Gasteiger partial charge in [-0.05, 0) is 43.4 Å². The van der Waals surface area contributed by atoms with Crippen LogP contribution in [0.3, 0.4) is 0 Å². The second-order valence-corrected chi connectivity index (χ2v) is 9.79. The summed E-state index contributed by atoms with van der Waals surface area (Å²) < 4.78 is 56.9. The van der Waals surface area contributed by atoms with Crippen molar-refractivity contribution < 1.29 is 26.7 Å². The van der Waals surface area contributed by atoms with Gasteiger partial charge in [0.25, 0.3) is 5.91 Å². The average Bonchev–Trinajstić information content (AvgIpc) is 3.09. The number of benzene rings is 1. The molecule has 1 amide bonds. The van der Waals surface area contributed by atoms with Crippen LogP contribution in [0.15, 0.2) is 47.6 Å². The van der Waals surface area contributed by atoms with E-state index in [0.29, 0.717) is 11.3 Å². The Morgan fingerprint density at radius 1 is 1.16 bits per heavy atom. The molecule has 0 spiro atoms. The van der Waals surface area contributed by atoms with Crippen LogP contribution in [0.2, 0.25) is 0 Å². The predicted molar refractivity (Wildman–Crippen MR) is 116 cm³/mol. The van der Waals surface area contributed by atoms with Gasteiger partial charge in [-0.3, -0.25) is 9.78 Å². The van der Waals surface area contributed by atoms with Gasteiger partial charge in [-0.15, -0.1) is 0 Å². The minimum Gasteiger partial charge on any atom is -0.384 e. The van der Waals surface area contributed by atoms with Crippen molar-refractivity contribution in [2.45, 2.75) is 37.0 Å². The van der Waals surface area contributed by atoms with E-state index >= 15 is 0 Å². The topological polar surface area (TPSA) is 98.2 Å². The highest BCUT2D eigenvalue weighted by molar-refractivity contribution is 7.91. The average molecular weight is 466 g/mol. The minimum atomic E-state index is -3.54. The van der Waals surface area contributed by atoms with Crippen molar-refractivity contribution in [3.05, 3.63) is 54.0 Å². The standard InChI is InChI=1S/C22H25F2N3O4S/c1-14-12-26-21(13-25-14)27-22(28)18(9-15-10-19(23)20(24)11-15)16-3-5-17(6-4-16)32(29,30)8-7-31-2/h3-6,9,12-13,15,19-20H,7-8,10-11H2,1-2H3,(H,26,27,28)/b18-9+. The monoisotopic (exact) mass is 465 g/mol. The maximum Gasteiger partial charge on any atom is 0.257 e. The molecule has 0 bridgehead atoms. The van der Waals surface area contributed by atoms with Crippen molar-refractivity contribution in [2.75, 3.05) is 24.8 Å². The number of allylic oxidation sites excluding steroid dienone is 1. The molecule has 1 aromatic carbocycles. The summed E-state index contributed by atoms with van der Waals surface area (Å²) in [6, 6.07) is 5.80. The van der Waals surface area contributed by atoms with Gasteiger partial charge in [-0.25, -0.2) is 22.2 Å². The summed E-state index contributed by atoms with van der Waals surface area (Å²) in [7, 11) is -2.12. The smallest absolute Gasteiger partial charge is 0.257 e. The van der Waals surface area contributed by atoms with Crippen LogP contribution in [0.5, 0.6) is 0 Å². The summed E-state index contributed by atoms with van der Waals surface area (Å²) in [5, 5.41) is 2.63. The number of halogens is 2. The van der Waals surface area contributed by atoms with E-state index in [4.69, 9.17) is 4.74 Å². The molecule has 0 saturated heterocycles. The lowest BCUT2D eigenvalue weighted by atomic mass is 9.98. The molecule has 1 N–H and O–H groups in total. The maximum absolute atomic E-state index is 13.7. The minimum absolute atomic E-state index is 0.0221. The summed E-state index contributed by atoms with van der Waals surface area (Å²) in [5.41, 5.74) is 1.28. The molecule has 1 aliphatic rings. The van der Waals surface area contributed by atoms with Gasteiger partial charge >= 0.3 is 0 Å². The SMILES string of the molecule is COCCS(=O)(=O)c1ccc(/C(=C\C2CC(F)C(F)C2)C(=O)Nc2cnc(C)cn2)cc1. The fraction of sp³-hybridized carbons (Fsp3) is 0.409. The molecule has 32 heavy (non-hydrogen) atoms. The van der Waals surface area contributed by atoms with Crippen molar-refractivity contribution in [2.24, 2.45) is 5.92 Å². The molecule has 1 aromatic heterocycles. The van der Waals surface area contributed by atoms with E-state index < -0.39 is 34.0 Å². The number of hydrogen-bond acceptors (Lipinski definition) is 6. The number of carbonyl (C=O) groups excluding carboxylic acids is 1. The first-order chi connectivity index (χ1) is 15.2. The van der Waals surface area contributed by atoms with Crippen LogP contribution in [0.25, 0.3) is 5.57 Å². The van der Waals surface area contributed by atoms with E-state index in [9.17, 15) is 22.0 Å². The number of nitrogens with one attached hydrogen (secondary N) is 1. The Morgan fingerprint density at radius 2 is 1.81 bits per heavy atom. The van der Waals surface area contributed by atoms with E-state index in [-0.39, 0.29) is 41.5 Å². The van der Waals surface area contributed by atoms with Crippen molar-refractivity contribution in [3.63, 3.8) is 0 Å². The van der Waals surface area contributed by atoms with Crippen molar-refractivity contribution in [1.29, 1.82) is 0 Å². The molecule has 2 atom stereocenters. The first-order valence-corrected chi connectivity index (χ1v) is 11.8. The van der Waals surface area contributed by atoms with E-state index in [2.05, 4.69) is 15.3 Å². The molecule has 1 heterocycles. The van der Waals surface area contributed by atoms with Crippen molar-refractivity contribution >= 4 is 27.1 Å². The highest BCUT2D eigenvalue weighted by Gasteiger charge is 2.34. The normalized spacial score (nSPS) is 21.5. The molecule has 0 aliphatic heterocycles. The summed E-state index contributed by atoms with van der Waals surface area (Å²) in [5.74, 6) is -0.940. The van der Waals surface area contributed by atoms with Crippen LogP contribution in [0, 0.1) is 12.8 Å². The van der Waals surface area contributed by atoms with E-state index in [0.717, 1.165) is 0 Å². The van der Waals surface area contributed by atoms with Crippen LogP contribution in [-0.4, -0.2) is 56.1 Å². The molecule has 7 nitrogen and oxygen atoms in total. The molecule has 1 fully saturated rings. The Balaban J connectivity index is 1.90. The third-order valence-corrected chi connectivity index (χ3v) is 6.89. The number of rotatable bonds is 8. The maximum atomic E-state index is 13.7. The lowest BCUT2D eigenvalue weighted by molar-refractivity contribution is -0.111. The predicted octanol–water partition coefficient (Wildman–Crippen LogP) is 3.31. The third kappa shape index (κ3) is 5.95. The molecule has 3 rings (SSSR count). The van der Waals surface area contributed by atoms with Crippen molar-refractivity contribution in [1.82, 2.24) is 9.97 Å². The number of aromatic nitrogens is 2. The zero-order valence-electron chi connectivity index (χ0n) is 17.8. The summed E-state index contributed by atoms with van der Waals surface area (Å²) >= 11 is 0. The quantitative estimate of drug-likeness (QED) is 0.601. The highest BCUT2D eigenvalue weighted by atomic mass is 32.2. The van der Waals surface area contributed by atoms with Gasteiger partial charge in [0, 0.05) is 12.7 Å². The molecule has 10 heteroatoms. The van der Waals surface area contributed by atoms with Gasteiger partial charge in [-0.1, -0.05) is 18.2 Å². The molecule has 2 unspecified atom stereocenters. The third-order valence-electron chi connectivity index (χ3n) is 5.20. The Bertz CT molecular complexity index is 1060. The van der Waals surface area contributed by atoms with Crippen LogP contribution in [-0.2, 0) is 19.4 Å². The first kappa shape index (κ1) is 23.9. The molecular formula is C22H25F2N3O4S. The fourth-order valence-corrected chi connectivity index (χ4v) is 4.61. The lowest BCUT2D eigenvalue weighted by Gasteiger charge is -2.12. The zero-order chi connectivity index (χ0) is 23.3. The number of anilines is 1. The summed E-state index contributed by atoms with van der Waals surface area (Å²) in [6.45, 7) is 1.82. The van der Waals surface area contributed by atoms with Crippen LogP contribution in [0.4, 0.5) is 14.6 Å². The van der Waals surface area contributed by atoms with Crippen LogP contribution < -0.4 is 5.32 Å². The molecule has 2 aromatic rings. The molecule has 172 valence electrons. The zero-order valence-corrected chi connectivity index (χ0v) is 18.6. The van der Waals surface area contributed by atoms with Gasteiger partial charge in [0.2, 0.25) is 0 Å². The molecule has 1 aliphatic carbocycles. The number of aryl methyl sites for hydroxylation is 1. The Morgan fingerprint density at radius 3 is 2.38 bits per heavy atom. The van der Waals surface area contributed by atoms with E-state index in [1.807, 2.05) is 0 Å². The van der Waals surface area contributed by atoms with E-state index in [1.54, 1.807) is 6.92 Å². The second kappa shape index (κ2) is 10.3. The van der Waals surface area contributed by atoms with Crippen molar-refractivity contribution in [3.8, 4) is 0 Å². The van der Waals surface area contributed by atoms with Gasteiger partial charge in [0.05, 0.1) is 35.3 Å². The van der Waals surface area contributed by atoms with Crippen LogP contribution in [0.1, 0.15) is 24.1 Å². The Labute approximate surface area is 185 Å². The Kier molecular flexibility index (Phi) is 7.68. The molecule has 0 radical (unpaired) electrons. The number of hydrogen-bond donors (Lipinski definition) is 1. The summed E-state index contributed by atoms with van der Waals surface area (Å²) in [6.07, 6.45) is 1.25. The summed E-state index contributed by atoms with van der Waals surface area (Å²) in [4.78, 5) is 21.3. The number of methoxy groups -OCH3 is 1. The largest absolute Gasteiger partial charge is 0.384 e. The second-order valence-electron chi connectivity index (χ2n) is 7.68. The van der Waals surface area contributed by atoms with Gasteiger partial charge < -0.3 is 10.1 Å². The molecule has 1 saturated carbocycles. The van der Waals surface area contributed by atoms with E-state index in [1.165, 1.54) is 49.8 Å². The number of carbonyl (C=O) groups is 1. The highest BCUT2D eigenvalue weighted by Crippen LogP contribution is 2.34. The number of nitrogens with zero attached hydrogens (tertiary/aromatic N) is 2.